The summed E-state index contributed by atoms with van der Waals surface area (Å²) in [7, 11) is 0. The summed E-state index contributed by atoms with van der Waals surface area (Å²) in [5.41, 5.74) is 9.57. The van der Waals surface area contributed by atoms with Crippen LogP contribution in [0.5, 0.6) is 0 Å². The van der Waals surface area contributed by atoms with Crippen LogP contribution in [0.1, 0.15) is 35.3 Å². The molecule has 0 saturated carbocycles. The normalized spacial score (nSPS) is 20.7. The van der Waals surface area contributed by atoms with Gasteiger partial charge in [-0.15, -0.1) is 0 Å². The Hall–Kier alpha value is -1.33. The maximum atomic E-state index is 6.22. The van der Waals surface area contributed by atoms with Crippen LogP contribution >= 0.6 is 11.7 Å². The van der Waals surface area contributed by atoms with Crippen molar-refractivity contribution in [2.24, 2.45) is 5.73 Å². The largest absolute Gasteiger partial charge is 0.322 e. The van der Waals surface area contributed by atoms with Crippen LogP contribution in [0.2, 0.25) is 0 Å². The second-order valence-corrected chi connectivity index (χ2v) is 4.61. The number of nitrogens with zero attached hydrogens (tertiary/aromatic N) is 3. The van der Waals surface area contributed by atoms with Crippen LogP contribution in [0.25, 0.3) is 0 Å². The smallest absolute Gasteiger partial charge is 0.0916 e. The van der Waals surface area contributed by atoms with Gasteiger partial charge in [0.1, 0.15) is 0 Å². The molecule has 2 heterocycles. The first-order valence-corrected chi connectivity index (χ1v) is 6.06. The van der Waals surface area contributed by atoms with Crippen molar-refractivity contribution in [2.45, 2.75) is 24.8 Å². The fourth-order valence-corrected chi connectivity index (χ4v) is 2.78. The molecular formula is C11H12N4S. The molecule has 0 amide bonds. The van der Waals surface area contributed by atoms with Crippen molar-refractivity contribution < 1.29 is 0 Å². The third-order valence-electron chi connectivity index (χ3n) is 3.16. The minimum Gasteiger partial charge on any atom is -0.322 e. The van der Waals surface area contributed by atoms with Crippen LogP contribution in [-0.2, 0) is 6.42 Å². The first-order chi connectivity index (χ1) is 7.86. The molecule has 1 aliphatic rings. The lowest BCUT2D eigenvalue weighted by Gasteiger charge is -2.16. The average Bonchev–Trinajstić information content (AvgIpc) is 2.98. The molecule has 16 heavy (non-hydrogen) atoms. The fraction of sp³-hybridized carbons (Fsp3) is 0.364. The Labute approximate surface area is 97.9 Å². The topological polar surface area (TPSA) is 64.7 Å². The highest BCUT2D eigenvalue weighted by molar-refractivity contribution is 6.99. The van der Waals surface area contributed by atoms with Gasteiger partial charge in [0.2, 0.25) is 0 Å². The van der Waals surface area contributed by atoms with E-state index >= 15 is 0 Å². The zero-order valence-electron chi connectivity index (χ0n) is 8.71. The van der Waals surface area contributed by atoms with Gasteiger partial charge in [0, 0.05) is 17.8 Å². The van der Waals surface area contributed by atoms with Crippen LogP contribution in [0.3, 0.4) is 0 Å². The molecule has 0 radical (unpaired) electrons. The molecule has 82 valence electrons. The minimum absolute atomic E-state index is 0.0742. The predicted molar refractivity (Wildman–Crippen MR) is 62.1 cm³/mol. The number of pyridine rings is 1. The van der Waals surface area contributed by atoms with Gasteiger partial charge in [-0.3, -0.25) is 4.98 Å². The molecule has 2 atom stereocenters. The van der Waals surface area contributed by atoms with Gasteiger partial charge in [0.25, 0.3) is 0 Å². The van der Waals surface area contributed by atoms with Crippen molar-refractivity contribution in [3.05, 3.63) is 41.5 Å². The first-order valence-electron chi connectivity index (χ1n) is 5.33. The number of hydrogen-bond acceptors (Lipinski definition) is 5. The Morgan fingerprint density at radius 3 is 3.25 bits per heavy atom. The van der Waals surface area contributed by atoms with E-state index in [0.29, 0.717) is 5.92 Å². The highest BCUT2D eigenvalue weighted by atomic mass is 32.1. The molecule has 2 aromatic heterocycles. The maximum absolute atomic E-state index is 6.22. The van der Waals surface area contributed by atoms with Gasteiger partial charge in [-0.05, 0) is 24.5 Å². The molecule has 2 N–H and O–H groups in total. The van der Waals surface area contributed by atoms with E-state index in [2.05, 4.69) is 19.8 Å². The van der Waals surface area contributed by atoms with E-state index in [1.807, 2.05) is 12.3 Å². The lowest BCUT2D eigenvalue weighted by molar-refractivity contribution is 0.533. The highest BCUT2D eigenvalue weighted by Gasteiger charge is 2.30. The van der Waals surface area contributed by atoms with Crippen molar-refractivity contribution in [1.82, 2.24) is 13.7 Å². The van der Waals surface area contributed by atoms with Crippen LogP contribution in [0.15, 0.2) is 24.5 Å². The number of nitrogens with two attached hydrogens (primary N) is 1. The fourth-order valence-electron chi connectivity index (χ4n) is 2.32. The summed E-state index contributed by atoms with van der Waals surface area (Å²) < 4.78 is 8.21. The van der Waals surface area contributed by atoms with E-state index in [-0.39, 0.29) is 6.04 Å². The van der Waals surface area contributed by atoms with Crippen molar-refractivity contribution >= 4 is 11.7 Å². The Bertz CT molecular complexity index is 482. The second kappa shape index (κ2) is 3.92. The third kappa shape index (κ3) is 1.52. The molecule has 0 spiro atoms. The van der Waals surface area contributed by atoms with E-state index in [1.165, 1.54) is 17.3 Å². The SMILES string of the molecule is NC(c1cnsn1)C1CCc2cccnc21. The van der Waals surface area contributed by atoms with Crippen molar-refractivity contribution in [3.63, 3.8) is 0 Å². The molecule has 0 aromatic carbocycles. The molecule has 4 nitrogen and oxygen atoms in total. The van der Waals surface area contributed by atoms with Crippen LogP contribution in [0, 0.1) is 0 Å². The highest BCUT2D eigenvalue weighted by Crippen LogP contribution is 2.38. The van der Waals surface area contributed by atoms with Gasteiger partial charge in [-0.2, -0.15) is 8.75 Å². The predicted octanol–water partition coefficient (Wildman–Crippen LogP) is 1.66. The lowest BCUT2D eigenvalue weighted by atomic mass is 9.95. The van der Waals surface area contributed by atoms with Crippen molar-refractivity contribution in [2.75, 3.05) is 0 Å². The van der Waals surface area contributed by atoms with E-state index in [9.17, 15) is 0 Å². The number of hydrogen-bond donors (Lipinski definition) is 1. The lowest BCUT2D eigenvalue weighted by Crippen LogP contribution is -2.19. The Balaban J connectivity index is 1.93. The number of aryl methyl sites for hydroxylation is 1. The number of fused-ring (bicyclic) bond motifs is 1. The summed E-state index contributed by atoms with van der Waals surface area (Å²) in [6.45, 7) is 0. The zero-order valence-corrected chi connectivity index (χ0v) is 9.52. The van der Waals surface area contributed by atoms with Crippen LogP contribution in [-0.4, -0.2) is 13.7 Å². The van der Waals surface area contributed by atoms with Crippen molar-refractivity contribution in [1.29, 1.82) is 0 Å². The molecule has 0 aliphatic heterocycles. The van der Waals surface area contributed by atoms with Gasteiger partial charge in [0.05, 0.1) is 29.7 Å². The summed E-state index contributed by atoms with van der Waals surface area (Å²) in [6.07, 6.45) is 5.73. The Kier molecular flexibility index (Phi) is 2.41. The van der Waals surface area contributed by atoms with Crippen LogP contribution in [0.4, 0.5) is 0 Å². The molecule has 0 saturated heterocycles. The van der Waals surface area contributed by atoms with Gasteiger partial charge >= 0.3 is 0 Å². The number of aromatic nitrogens is 3. The molecule has 2 aromatic rings. The van der Waals surface area contributed by atoms with E-state index in [4.69, 9.17) is 5.73 Å². The van der Waals surface area contributed by atoms with Crippen molar-refractivity contribution in [3.8, 4) is 0 Å². The van der Waals surface area contributed by atoms with Gasteiger partial charge in [-0.25, -0.2) is 0 Å². The summed E-state index contributed by atoms with van der Waals surface area (Å²) in [5, 5.41) is 0. The van der Waals surface area contributed by atoms with Gasteiger partial charge in [-0.1, -0.05) is 6.07 Å². The molecule has 5 heteroatoms. The Morgan fingerprint density at radius 1 is 1.50 bits per heavy atom. The molecule has 3 rings (SSSR count). The maximum Gasteiger partial charge on any atom is 0.0916 e. The summed E-state index contributed by atoms with van der Waals surface area (Å²) in [4.78, 5) is 4.45. The third-order valence-corrected chi connectivity index (χ3v) is 3.65. The zero-order chi connectivity index (χ0) is 11.0. The minimum atomic E-state index is -0.0742. The number of rotatable bonds is 2. The molecule has 0 fully saturated rings. The standard InChI is InChI=1S/C11H12N4S/c12-10(9-6-14-16-15-9)8-4-3-7-2-1-5-13-11(7)8/h1-2,5-6,8,10H,3-4,12H2. The summed E-state index contributed by atoms with van der Waals surface area (Å²) in [6, 6.07) is 4.04. The monoisotopic (exact) mass is 232 g/mol. The first kappa shape index (κ1) is 9.86. The quantitative estimate of drug-likeness (QED) is 0.855. The summed E-state index contributed by atoms with van der Waals surface area (Å²) >= 11 is 1.21. The van der Waals surface area contributed by atoms with E-state index in [0.717, 1.165) is 24.2 Å². The molecule has 1 aliphatic carbocycles. The van der Waals surface area contributed by atoms with E-state index in [1.54, 1.807) is 6.20 Å². The molecule has 2 unspecified atom stereocenters. The average molecular weight is 232 g/mol. The van der Waals surface area contributed by atoms with Gasteiger partial charge in [0.15, 0.2) is 0 Å². The second-order valence-electron chi connectivity index (χ2n) is 4.05. The summed E-state index contributed by atoms with van der Waals surface area (Å²) in [5.74, 6) is 0.292. The van der Waals surface area contributed by atoms with Crippen LogP contribution < -0.4 is 5.73 Å². The molecular weight excluding hydrogens is 220 g/mol. The van der Waals surface area contributed by atoms with Gasteiger partial charge < -0.3 is 5.73 Å². The van der Waals surface area contributed by atoms with E-state index < -0.39 is 0 Å². The molecule has 0 bridgehead atoms. The Morgan fingerprint density at radius 2 is 2.44 bits per heavy atom.